The van der Waals surface area contributed by atoms with Gasteiger partial charge in [0.05, 0.1) is 0 Å². The van der Waals surface area contributed by atoms with E-state index in [-0.39, 0.29) is 0 Å². The average molecular weight is 280 g/mol. The number of carbonyl (C=O) groups is 1. The Morgan fingerprint density at radius 1 is 1.33 bits per heavy atom. The van der Waals surface area contributed by atoms with Gasteiger partial charge in [-0.1, -0.05) is 0 Å². The van der Waals surface area contributed by atoms with Crippen molar-refractivity contribution in [3.8, 4) is 0 Å². The molecule has 18 heavy (non-hydrogen) atoms. The highest BCUT2D eigenvalue weighted by molar-refractivity contribution is 7.89. The molecule has 0 aliphatic rings. The number of hydrazine groups is 1. The molecule has 1 rings (SSSR count). The van der Waals surface area contributed by atoms with Gasteiger partial charge in [0.1, 0.15) is 16.3 Å². The van der Waals surface area contributed by atoms with E-state index in [1.807, 2.05) is 4.83 Å². The maximum Gasteiger partial charge on any atom is 0.341 e. The standard InChI is InChI=1S/C9H10F2N2O4S/c1-13(2)12-18(16,17)6-4-3-5(10)7(8(6)11)9(14)15/h3-4,12H,1-2H3,(H,14,15). The Kier molecular flexibility index (Phi) is 3.99. The van der Waals surface area contributed by atoms with Crippen molar-refractivity contribution in [1.82, 2.24) is 9.84 Å². The number of sulfonamides is 1. The third-order valence-electron chi connectivity index (χ3n) is 1.86. The van der Waals surface area contributed by atoms with Gasteiger partial charge < -0.3 is 5.11 Å². The van der Waals surface area contributed by atoms with Gasteiger partial charge in [-0.05, 0) is 12.1 Å². The second kappa shape index (κ2) is 4.96. The Balaban J connectivity index is 3.45. The number of benzene rings is 1. The molecule has 1 aromatic carbocycles. The van der Waals surface area contributed by atoms with Gasteiger partial charge in [-0.25, -0.2) is 27.0 Å². The van der Waals surface area contributed by atoms with Crippen LogP contribution < -0.4 is 4.83 Å². The largest absolute Gasteiger partial charge is 0.477 e. The van der Waals surface area contributed by atoms with Crippen LogP contribution in [0.25, 0.3) is 0 Å². The summed E-state index contributed by atoms with van der Waals surface area (Å²) in [4.78, 5) is 11.6. The van der Waals surface area contributed by atoms with Crippen LogP contribution in [-0.4, -0.2) is 38.6 Å². The molecule has 0 aliphatic carbocycles. The molecule has 0 saturated heterocycles. The number of rotatable bonds is 4. The van der Waals surface area contributed by atoms with E-state index in [0.717, 1.165) is 5.01 Å². The second-order valence-electron chi connectivity index (χ2n) is 3.53. The molecular formula is C9H10F2N2O4S. The number of hydrogen-bond acceptors (Lipinski definition) is 4. The Morgan fingerprint density at radius 2 is 1.89 bits per heavy atom. The molecule has 0 heterocycles. The molecule has 9 heteroatoms. The third-order valence-corrected chi connectivity index (χ3v) is 3.36. The van der Waals surface area contributed by atoms with Crippen LogP contribution in [0.3, 0.4) is 0 Å². The zero-order valence-electron chi connectivity index (χ0n) is 9.44. The number of aromatic carboxylic acids is 1. The molecule has 6 nitrogen and oxygen atoms in total. The van der Waals surface area contributed by atoms with Crippen molar-refractivity contribution in [2.24, 2.45) is 0 Å². The van der Waals surface area contributed by atoms with Crippen molar-refractivity contribution < 1.29 is 27.1 Å². The van der Waals surface area contributed by atoms with E-state index in [9.17, 15) is 22.0 Å². The molecule has 0 aromatic heterocycles. The number of nitrogens with zero attached hydrogens (tertiary/aromatic N) is 1. The van der Waals surface area contributed by atoms with Crippen LogP contribution in [0.1, 0.15) is 10.4 Å². The van der Waals surface area contributed by atoms with Crippen molar-refractivity contribution in [3.05, 3.63) is 29.3 Å². The van der Waals surface area contributed by atoms with E-state index in [2.05, 4.69) is 0 Å². The van der Waals surface area contributed by atoms with Crippen molar-refractivity contribution in [2.45, 2.75) is 4.90 Å². The van der Waals surface area contributed by atoms with Crippen molar-refractivity contribution in [1.29, 1.82) is 0 Å². The molecule has 0 unspecified atom stereocenters. The number of hydrogen-bond donors (Lipinski definition) is 2. The van der Waals surface area contributed by atoms with Gasteiger partial charge in [-0.15, -0.1) is 4.83 Å². The minimum atomic E-state index is -4.29. The van der Waals surface area contributed by atoms with E-state index in [4.69, 9.17) is 5.11 Å². The molecule has 0 fully saturated rings. The van der Waals surface area contributed by atoms with Gasteiger partial charge in [0, 0.05) is 14.1 Å². The summed E-state index contributed by atoms with van der Waals surface area (Å²) >= 11 is 0. The van der Waals surface area contributed by atoms with Crippen LogP contribution in [0.5, 0.6) is 0 Å². The molecule has 0 atom stereocenters. The summed E-state index contributed by atoms with van der Waals surface area (Å²) in [5.41, 5.74) is -1.31. The lowest BCUT2D eigenvalue weighted by atomic mass is 10.2. The van der Waals surface area contributed by atoms with E-state index in [1.54, 1.807) is 0 Å². The summed E-state index contributed by atoms with van der Waals surface area (Å²) in [6.45, 7) is 0. The highest BCUT2D eigenvalue weighted by Crippen LogP contribution is 2.21. The fourth-order valence-corrected chi connectivity index (χ4v) is 2.39. The summed E-state index contributed by atoms with van der Waals surface area (Å²) in [7, 11) is -1.60. The number of halogens is 2. The van der Waals surface area contributed by atoms with E-state index in [0.29, 0.717) is 12.1 Å². The Labute approximate surface area is 102 Å². The number of nitrogens with one attached hydrogen (secondary N) is 1. The maximum absolute atomic E-state index is 13.7. The fraction of sp³-hybridized carbons (Fsp3) is 0.222. The minimum absolute atomic E-state index is 0.580. The first-order valence-electron chi connectivity index (χ1n) is 4.58. The summed E-state index contributed by atoms with van der Waals surface area (Å²) in [5.74, 6) is -4.87. The predicted molar refractivity (Wildman–Crippen MR) is 57.3 cm³/mol. The first kappa shape index (κ1) is 14.5. The minimum Gasteiger partial charge on any atom is -0.477 e. The first-order valence-corrected chi connectivity index (χ1v) is 6.06. The van der Waals surface area contributed by atoms with Gasteiger partial charge >= 0.3 is 5.97 Å². The van der Waals surface area contributed by atoms with Gasteiger partial charge in [0.15, 0.2) is 5.82 Å². The van der Waals surface area contributed by atoms with E-state index >= 15 is 0 Å². The molecule has 100 valence electrons. The predicted octanol–water partition coefficient (Wildman–Crippen LogP) is 0.418. The molecular weight excluding hydrogens is 270 g/mol. The van der Waals surface area contributed by atoms with Gasteiger partial charge in [-0.2, -0.15) is 0 Å². The molecule has 0 bridgehead atoms. The molecule has 0 saturated carbocycles. The van der Waals surface area contributed by atoms with Crippen LogP contribution in [-0.2, 0) is 10.0 Å². The summed E-state index contributed by atoms with van der Waals surface area (Å²) < 4.78 is 50.0. The van der Waals surface area contributed by atoms with E-state index in [1.165, 1.54) is 14.1 Å². The van der Waals surface area contributed by atoms with Gasteiger partial charge in [0.25, 0.3) is 10.0 Å². The number of carboxylic acids is 1. The Morgan fingerprint density at radius 3 is 2.33 bits per heavy atom. The summed E-state index contributed by atoms with van der Waals surface area (Å²) in [6.07, 6.45) is 0. The Bertz CT molecular complexity index is 586. The topological polar surface area (TPSA) is 86.7 Å². The van der Waals surface area contributed by atoms with Gasteiger partial charge in [-0.3, -0.25) is 0 Å². The van der Waals surface area contributed by atoms with Crippen molar-refractivity contribution in [3.63, 3.8) is 0 Å². The summed E-state index contributed by atoms with van der Waals surface area (Å²) in [6, 6.07) is 1.24. The second-order valence-corrected chi connectivity index (χ2v) is 5.16. The molecule has 0 amide bonds. The van der Waals surface area contributed by atoms with Crippen LogP contribution in [0, 0.1) is 11.6 Å². The van der Waals surface area contributed by atoms with Crippen molar-refractivity contribution >= 4 is 16.0 Å². The lowest BCUT2D eigenvalue weighted by Gasteiger charge is -2.13. The van der Waals surface area contributed by atoms with Crippen LogP contribution in [0.4, 0.5) is 8.78 Å². The van der Waals surface area contributed by atoms with Crippen LogP contribution >= 0.6 is 0 Å². The lowest BCUT2D eigenvalue weighted by molar-refractivity contribution is 0.0685. The van der Waals surface area contributed by atoms with Crippen LogP contribution in [0.15, 0.2) is 17.0 Å². The monoisotopic (exact) mass is 280 g/mol. The van der Waals surface area contributed by atoms with Gasteiger partial charge in [0.2, 0.25) is 0 Å². The molecule has 0 spiro atoms. The molecule has 0 aliphatic heterocycles. The lowest BCUT2D eigenvalue weighted by Crippen LogP contribution is -2.36. The molecule has 0 radical (unpaired) electrons. The zero-order chi connectivity index (χ0) is 14.1. The molecule has 1 aromatic rings. The average Bonchev–Trinajstić information content (AvgIpc) is 2.13. The first-order chi connectivity index (χ1) is 8.16. The molecule has 2 N–H and O–H groups in total. The van der Waals surface area contributed by atoms with E-state index < -0.39 is 38.1 Å². The summed E-state index contributed by atoms with van der Waals surface area (Å²) in [5, 5.41) is 9.64. The highest BCUT2D eigenvalue weighted by Gasteiger charge is 2.27. The SMILES string of the molecule is CN(C)NS(=O)(=O)c1ccc(F)c(C(=O)O)c1F. The normalized spacial score (nSPS) is 11.8. The number of carboxylic acid groups (broad SMARTS) is 1. The zero-order valence-corrected chi connectivity index (χ0v) is 10.3. The van der Waals surface area contributed by atoms with Crippen LogP contribution in [0.2, 0.25) is 0 Å². The Hall–Kier alpha value is -1.58. The van der Waals surface area contributed by atoms with Crippen molar-refractivity contribution in [2.75, 3.05) is 14.1 Å². The smallest absolute Gasteiger partial charge is 0.341 e. The fourth-order valence-electron chi connectivity index (χ4n) is 1.23. The quantitative estimate of drug-likeness (QED) is 0.780. The third kappa shape index (κ3) is 2.81. The highest BCUT2D eigenvalue weighted by atomic mass is 32.2. The maximum atomic E-state index is 13.7.